The van der Waals surface area contributed by atoms with Gasteiger partial charge >= 0.3 is 0 Å². The summed E-state index contributed by atoms with van der Waals surface area (Å²) in [6, 6.07) is 7.24. The smallest absolute Gasteiger partial charge is 0.0629 e. The van der Waals surface area contributed by atoms with E-state index in [9.17, 15) is 4.21 Å². The topological polar surface area (TPSA) is 60.9 Å². The lowest BCUT2D eigenvalue weighted by Crippen LogP contribution is -2.09. The summed E-state index contributed by atoms with van der Waals surface area (Å²) in [6.07, 6.45) is 3.55. The second-order valence-corrected chi connectivity index (χ2v) is 5.96. The Labute approximate surface area is 110 Å². The summed E-state index contributed by atoms with van der Waals surface area (Å²) < 4.78 is 14.7. The number of anilines is 1. The first-order chi connectivity index (χ1) is 8.16. The molecule has 6 heteroatoms. The van der Waals surface area contributed by atoms with Gasteiger partial charge in [0.1, 0.15) is 0 Å². The molecule has 0 aliphatic rings. The maximum absolute atomic E-state index is 12.1. The normalized spacial score (nSPS) is 12.5. The van der Waals surface area contributed by atoms with Gasteiger partial charge in [0.15, 0.2) is 0 Å². The van der Waals surface area contributed by atoms with E-state index in [4.69, 9.17) is 5.73 Å². The molecule has 1 heterocycles. The van der Waals surface area contributed by atoms with E-state index in [2.05, 4.69) is 21.0 Å². The third kappa shape index (κ3) is 3.17. The van der Waals surface area contributed by atoms with Crippen molar-refractivity contribution in [1.29, 1.82) is 0 Å². The maximum atomic E-state index is 12.1. The van der Waals surface area contributed by atoms with E-state index in [0.29, 0.717) is 22.9 Å². The average Bonchev–Trinajstić information content (AvgIpc) is 2.82. The van der Waals surface area contributed by atoms with Crippen molar-refractivity contribution in [3.8, 4) is 0 Å². The van der Waals surface area contributed by atoms with E-state index in [1.54, 1.807) is 23.0 Å². The van der Waals surface area contributed by atoms with Crippen LogP contribution in [0.4, 0.5) is 5.69 Å². The molecule has 0 aliphatic carbocycles. The van der Waals surface area contributed by atoms with Crippen molar-refractivity contribution >= 4 is 32.4 Å². The largest absolute Gasteiger partial charge is 0.398 e. The monoisotopic (exact) mass is 313 g/mol. The summed E-state index contributed by atoms with van der Waals surface area (Å²) in [7, 11) is -1.11. The number of nitrogens with two attached hydrogens (primary N) is 1. The van der Waals surface area contributed by atoms with E-state index in [1.807, 2.05) is 18.3 Å². The molecule has 0 saturated heterocycles. The van der Waals surface area contributed by atoms with Crippen LogP contribution in [0.3, 0.4) is 0 Å². The molecule has 0 fully saturated rings. The molecule has 0 aliphatic heterocycles. The van der Waals surface area contributed by atoms with Gasteiger partial charge < -0.3 is 5.73 Å². The lowest BCUT2D eigenvalue weighted by Gasteiger charge is -2.06. The summed E-state index contributed by atoms with van der Waals surface area (Å²) in [5, 5.41) is 4.06. The Bertz CT molecular complexity index is 528. The van der Waals surface area contributed by atoms with Crippen molar-refractivity contribution in [2.45, 2.75) is 11.4 Å². The molecule has 4 nitrogen and oxygen atoms in total. The number of aryl methyl sites for hydroxylation is 1. The molecular weight excluding hydrogens is 302 g/mol. The molecule has 1 aromatic carbocycles. The molecule has 0 radical (unpaired) electrons. The highest BCUT2D eigenvalue weighted by Gasteiger charge is 2.08. The molecule has 0 spiro atoms. The second-order valence-electron chi connectivity index (χ2n) is 3.50. The van der Waals surface area contributed by atoms with Gasteiger partial charge in [0.05, 0.1) is 22.2 Å². The Morgan fingerprint density at radius 1 is 1.47 bits per heavy atom. The van der Waals surface area contributed by atoms with Crippen LogP contribution in [-0.2, 0) is 17.3 Å². The number of rotatable bonds is 4. The Kier molecular flexibility index (Phi) is 3.96. The van der Waals surface area contributed by atoms with Crippen molar-refractivity contribution in [3.05, 3.63) is 41.1 Å². The van der Waals surface area contributed by atoms with Gasteiger partial charge in [-0.05, 0) is 24.3 Å². The molecule has 0 amide bonds. The first-order valence-corrected chi connectivity index (χ1v) is 7.19. The van der Waals surface area contributed by atoms with Crippen molar-refractivity contribution in [2.24, 2.45) is 0 Å². The third-order valence-corrected chi connectivity index (χ3v) is 4.18. The molecule has 1 aromatic heterocycles. The van der Waals surface area contributed by atoms with Gasteiger partial charge in [-0.15, -0.1) is 0 Å². The zero-order valence-corrected chi connectivity index (χ0v) is 11.4. The summed E-state index contributed by atoms with van der Waals surface area (Å²) in [5.74, 6) is 0.502. The van der Waals surface area contributed by atoms with Crippen LogP contribution in [-0.4, -0.2) is 19.7 Å². The zero-order chi connectivity index (χ0) is 12.3. The Morgan fingerprint density at radius 2 is 2.29 bits per heavy atom. The Balaban J connectivity index is 2.07. The van der Waals surface area contributed by atoms with Crippen LogP contribution in [0.5, 0.6) is 0 Å². The van der Waals surface area contributed by atoms with Crippen LogP contribution in [0.2, 0.25) is 0 Å². The highest BCUT2D eigenvalue weighted by atomic mass is 79.9. The predicted molar refractivity (Wildman–Crippen MR) is 72.1 cm³/mol. The van der Waals surface area contributed by atoms with Gasteiger partial charge in [0.25, 0.3) is 0 Å². The van der Waals surface area contributed by atoms with E-state index < -0.39 is 10.8 Å². The highest BCUT2D eigenvalue weighted by Crippen LogP contribution is 2.21. The van der Waals surface area contributed by atoms with Crippen molar-refractivity contribution < 1.29 is 4.21 Å². The van der Waals surface area contributed by atoms with Crippen LogP contribution in [0.25, 0.3) is 0 Å². The molecule has 2 aromatic rings. The number of hydrogen-bond acceptors (Lipinski definition) is 3. The van der Waals surface area contributed by atoms with Gasteiger partial charge in [-0.1, -0.05) is 15.9 Å². The quantitative estimate of drug-likeness (QED) is 0.879. The lowest BCUT2D eigenvalue weighted by molar-refractivity contribution is 0.644. The predicted octanol–water partition coefficient (Wildman–Crippen LogP) is 2.04. The maximum Gasteiger partial charge on any atom is 0.0629 e. The minimum absolute atomic E-state index is 0.502. The zero-order valence-electron chi connectivity index (χ0n) is 9.04. The van der Waals surface area contributed by atoms with Gasteiger partial charge in [0, 0.05) is 28.3 Å². The number of nitrogen functional groups attached to an aromatic ring is 1. The fraction of sp³-hybridized carbons (Fsp3) is 0.182. The standard InChI is InChI=1S/C11H12BrN3OS/c12-9-2-3-10(13)11(8-9)17(16)7-6-15-5-1-4-14-15/h1-5,8H,6-7,13H2. The fourth-order valence-electron chi connectivity index (χ4n) is 1.42. The van der Waals surface area contributed by atoms with Crippen molar-refractivity contribution in [1.82, 2.24) is 9.78 Å². The van der Waals surface area contributed by atoms with Crippen LogP contribution in [0.1, 0.15) is 0 Å². The van der Waals surface area contributed by atoms with Gasteiger partial charge in [-0.25, -0.2) is 0 Å². The van der Waals surface area contributed by atoms with Gasteiger partial charge in [-0.3, -0.25) is 8.89 Å². The summed E-state index contributed by atoms with van der Waals surface area (Å²) in [6.45, 7) is 0.617. The summed E-state index contributed by atoms with van der Waals surface area (Å²) in [5.41, 5.74) is 6.37. The van der Waals surface area contributed by atoms with E-state index in [1.165, 1.54) is 0 Å². The van der Waals surface area contributed by atoms with Crippen molar-refractivity contribution in [2.75, 3.05) is 11.5 Å². The number of aromatic nitrogens is 2. The molecule has 17 heavy (non-hydrogen) atoms. The van der Waals surface area contributed by atoms with Gasteiger partial charge in [0.2, 0.25) is 0 Å². The third-order valence-electron chi connectivity index (χ3n) is 2.29. The molecule has 0 bridgehead atoms. The second kappa shape index (κ2) is 5.46. The minimum Gasteiger partial charge on any atom is -0.398 e. The Hall–Kier alpha value is -1.14. The molecular formula is C11H12BrN3OS. The lowest BCUT2D eigenvalue weighted by atomic mass is 10.3. The number of benzene rings is 1. The molecule has 0 saturated carbocycles. The SMILES string of the molecule is Nc1ccc(Br)cc1S(=O)CCn1cccn1. The van der Waals surface area contributed by atoms with E-state index >= 15 is 0 Å². The van der Waals surface area contributed by atoms with Gasteiger partial charge in [-0.2, -0.15) is 5.10 Å². The van der Waals surface area contributed by atoms with Crippen LogP contribution >= 0.6 is 15.9 Å². The summed E-state index contributed by atoms with van der Waals surface area (Å²) >= 11 is 3.35. The van der Waals surface area contributed by atoms with Crippen LogP contribution in [0, 0.1) is 0 Å². The van der Waals surface area contributed by atoms with E-state index in [0.717, 1.165) is 4.47 Å². The fourth-order valence-corrected chi connectivity index (χ4v) is 3.10. The molecule has 2 N–H and O–H groups in total. The molecule has 2 rings (SSSR count). The average molecular weight is 314 g/mol. The highest BCUT2D eigenvalue weighted by molar-refractivity contribution is 9.10. The minimum atomic E-state index is -1.11. The Morgan fingerprint density at radius 3 is 3.00 bits per heavy atom. The summed E-state index contributed by atoms with van der Waals surface area (Å²) in [4.78, 5) is 0.673. The number of hydrogen-bond donors (Lipinski definition) is 1. The number of halogens is 1. The van der Waals surface area contributed by atoms with Crippen LogP contribution < -0.4 is 5.73 Å². The van der Waals surface area contributed by atoms with Crippen molar-refractivity contribution in [3.63, 3.8) is 0 Å². The molecule has 90 valence electrons. The molecule has 1 unspecified atom stereocenters. The van der Waals surface area contributed by atoms with E-state index in [-0.39, 0.29) is 0 Å². The number of nitrogens with zero attached hydrogens (tertiary/aromatic N) is 2. The van der Waals surface area contributed by atoms with Crippen LogP contribution in [0.15, 0.2) is 46.0 Å². The first kappa shape index (κ1) is 12.3. The molecule has 1 atom stereocenters. The first-order valence-electron chi connectivity index (χ1n) is 5.07.